The summed E-state index contributed by atoms with van der Waals surface area (Å²) in [6.07, 6.45) is 2.60. The fraction of sp³-hybridized carbons (Fsp3) is 0.400. The van der Waals surface area contributed by atoms with Crippen LogP contribution in [0.1, 0.15) is 29.9 Å². The topological polar surface area (TPSA) is 38.8 Å². The van der Waals surface area contributed by atoms with Crippen LogP contribution in [-0.2, 0) is 0 Å². The lowest BCUT2D eigenvalue weighted by atomic mass is 10.0. The molecule has 1 fully saturated rings. The predicted octanol–water partition coefficient (Wildman–Crippen LogP) is 3.12. The molecule has 1 aliphatic heterocycles. The molecule has 0 amide bonds. The van der Waals surface area contributed by atoms with Gasteiger partial charge in [-0.2, -0.15) is 0 Å². The summed E-state index contributed by atoms with van der Waals surface area (Å²) >= 11 is 0. The summed E-state index contributed by atoms with van der Waals surface area (Å²) in [5, 5.41) is 7.79. The van der Waals surface area contributed by atoms with E-state index in [0.717, 1.165) is 17.3 Å². The summed E-state index contributed by atoms with van der Waals surface area (Å²) < 4.78 is 0. The fourth-order valence-electron chi connectivity index (χ4n) is 1.89. The van der Waals surface area contributed by atoms with Crippen LogP contribution in [0.25, 0.3) is 0 Å². The van der Waals surface area contributed by atoms with Crippen LogP contribution in [0.4, 0.5) is 11.4 Å². The van der Waals surface area contributed by atoms with E-state index in [4.69, 9.17) is 0 Å². The molecule has 1 aromatic carbocycles. The molecule has 3 rings (SSSR count). The molecule has 0 atom stereocenters. The molecule has 0 bridgehead atoms. The SMILES string of the molecule is Cc1ccc2c(c1C1CC1)N=N[N]2. The predicted molar refractivity (Wildman–Crippen MR) is 49.5 cm³/mol. The molecule has 1 radical (unpaired) electrons. The summed E-state index contributed by atoms with van der Waals surface area (Å²) in [5.74, 6) is 0.724. The molecule has 0 saturated heterocycles. The van der Waals surface area contributed by atoms with Crippen molar-refractivity contribution in [1.82, 2.24) is 5.43 Å². The zero-order valence-electron chi connectivity index (χ0n) is 7.49. The third-order valence-corrected chi connectivity index (χ3v) is 2.70. The van der Waals surface area contributed by atoms with Gasteiger partial charge in [0.25, 0.3) is 0 Å². The van der Waals surface area contributed by atoms with Gasteiger partial charge in [-0.15, -0.1) is 10.5 Å². The van der Waals surface area contributed by atoms with Gasteiger partial charge in [0.15, 0.2) is 0 Å². The van der Waals surface area contributed by atoms with E-state index in [9.17, 15) is 0 Å². The molecule has 0 N–H and O–H groups in total. The lowest BCUT2D eigenvalue weighted by Gasteiger charge is -2.06. The van der Waals surface area contributed by atoms with Crippen molar-refractivity contribution in [1.29, 1.82) is 0 Å². The largest absolute Gasteiger partial charge is 0.128 e. The molecule has 1 aliphatic carbocycles. The van der Waals surface area contributed by atoms with Crippen molar-refractivity contribution < 1.29 is 0 Å². The van der Waals surface area contributed by atoms with Crippen LogP contribution >= 0.6 is 0 Å². The Balaban J connectivity index is 2.23. The van der Waals surface area contributed by atoms with E-state index < -0.39 is 0 Å². The Kier molecular flexibility index (Phi) is 1.26. The van der Waals surface area contributed by atoms with E-state index in [0.29, 0.717) is 0 Å². The van der Waals surface area contributed by atoms with Gasteiger partial charge in [-0.1, -0.05) is 6.07 Å². The van der Waals surface area contributed by atoms with Crippen LogP contribution in [0, 0.1) is 6.92 Å². The lowest BCUT2D eigenvalue weighted by Crippen LogP contribution is -1.88. The maximum atomic E-state index is 4.08. The quantitative estimate of drug-likeness (QED) is 0.624. The molecule has 1 saturated carbocycles. The average Bonchev–Trinajstić information content (AvgIpc) is 2.82. The van der Waals surface area contributed by atoms with Crippen molar-refractivity contribution in [2.75, 3.05) is 0 Å². The van der Waals surface area contributed by atoms with Gasteiger partial charge < -0.3 is 0 Å². The Bertz CT molecular complexity index is 391. The van der Waals surface area contributed by atoms with Gasteiger partial charge in [-0.05, 0) is 48.1 Å². The summed E-state index contributed by atoms with van der Waals surface area (Å²) in [4.78, 5) is 0. The van der Waals surface area contributed by atoms with E-state index in [2.05, 4.69) is 28.8 Å². The van der Waals surface area contributed by atoms with E-state index in [1.807, 2.05) is 6.07 Å². The van der Waals surface area contributed by atoms with Gasteiger partial charge in [-0.25, -0.2) is 0 Å². The number of fused-ring (bicyclic) bond motifs is 1. The Labute approximate surface area is 76.8 Å². The van der Waals surface area contributed by atoms with Gasteiger partial charge in [-0.3, -0.25) is 0 Å². The summed E-state index contributed by atoms with van der Waals surface area (Å²) in [5.41, 5.74) is 8.63. The van der Waals surface area contributed by atoms with Crippen molar-refractivity contribution in [3.8, 4) is 0 Å². The maximum Gasteiger partial charge on any atom is 0.119 e. The van der Waals surface area contributed by atoms with Gasteiger partial charge >= 0.3 is 0 Å². The second kappa shape index (κ2) is 2.31. The minimum absolute atomic E-state index is 0.724. The van der Waals surface area contributed by atoms with Crippen molar-refractivity contribution in [3.63, 3.8) is 0 Å². The average molecular weight is 172 g/mol. The van der Waals surface area contributed by atoms with Crippen molar-refractivity contribution in [3.05, 3.63) is 23.3 Å². The summed E-state index contributed by atoms with van der Waals surface area (Å²) in [6.45, 7) is 2.14. The molecule has 3 heteroatoms. The van der Waals surface area contributed by atoms with Crippen LogP contribution in [0.2, 0.25) is 0 Å². The minimum Gasteiger partial charge on any atom is -0.128 e. The number of nitrogens with zero attached hydrogens (tertiary/aromatic N) is 3. The molecule has 0 spiro atoms. The zero-order chi connectivity index (χ0) is 8.84. The highest BCUT2D eigenvalue weighted by molar-refractivity contribution is 5.70. The number of rotatable bonds is 1. The second-order valence-electron chi connectivity index (χ2n) is 3.73. The first kappa shape index (κ1) is 7.06. The van der Waals surface area contributed by atoms with Gasteiger partial charge in [0.2, 0.25) is 0 Å². The smallest absolute Gasteiger partial charge is 0.119 e. The molecule has 0 aromatic heterocycles. The van der Waals surface area contributed by atoms with Crippen LogP contribution < -0.4 is 5.43 Å². The van der Waals surface area contributed by atoms with Crippen LogP contribution in [-0.4, -0.2) is 0 Å². The molecule has 1 heterocycles. The van der Waals surface area contributed by atoms with E-state index in [1.54, 1.807) is 0 Å². The zero-order valence-corrected chi connectivity index (χ0v) is 7.49. The molecule has 1 aromatic rings. The molecule has 3 nitrogen and oxygen atoms in total. The van der Waals surface area contributed by atoms with Gasteiger partial charge in [0.1, 0.15) is 11.4 Å². The third-order valence-electron chi connectivity index (χ3n) is 2.70. The monoisotopic (exact) mass is 172 g/mol. The summed E-state index contributed by atoms with van der Waals surface area (Å²) in [7, 11) is 0. The number of benzene rings is 1. The van der Waals surface area contributed by atoms with Gasteiger partial charge in [0.05, 0.1) is 0 Å². The Morgan fingerprint density at radius 3 is 2.92 bits per heavy atom. The van der Waals surface area contributed by atoms with Crippen LogP contribution in [0.15, 0.2) is 22.5 Å². The molecule has 0 unspecified atom stereocenters. The van der Waals surface area contributed by atoms with Gasteiger partial charge in [0, 0.05) is 0 Å². The number of aryl methyl sites for hydroxylation is 1. The highest BCUT2D eigenvalue weighted by atomic mass is 15.5. The van der Waals surface area contributed by atoms with E-state index >= 15 is 0 Å². The second-order valence-corrected chi connectivity index (χ2v) is 3.73. The normalized spacial score (nSPS) is 18.5. The maximum absolute atomic E-state index is 4.08. The summed E-state index contributed by atoms with van der Waals surface area (Å²) in [6, 6.07) is 4.11. The van der Waals surface area contributed by atoms with Crippen LogP contribution in [0.3, 0.4) is 0 Å². The standard InChI is InChI=1S/C10H10N3/c1-6-2-5-8-10(12-13-11-8)9(6)7-3-4-7/h2,5,7H,3-4H2,1H3. The Morgan fingerprint density at radius 2 is 2.15 bits per heavy atom. The third kappa shape index (κ3) is 0.963. The van der Waals surface area contributed by atoms with E-state index in [-0.39, 0.29) is 0 Å². The number of hydrogen-bond acceptors (Lipinski definition) is 2. The Morgan fingerprint density at radius 1 is 1.31 bits per heavy atom. The van der Waals surface area contributed by atoms with Crippen molar-refractivity contribution in [2.24, 2.45) is 10.3 Å². The fourth-order valence-corrected chi connectivity index (χ4v) is 1.89. The molecular weight excluding hydrogens is 162 g/mol. The first-order valence-electron chi connectivity index (χ1n) is 4.61. The minimum atomic E-state index is 0.724. The molecule has 2 aliphatic rings. The first-order chi connectivity index (χ1) is 6.36. The van der Waals surface area contributed by atoms with Crippen molar-refractivity contribution >= 4 is 11.4 Å². The molecular formula is C10H10N3. The molecule has 13 heavy (non-hydrogen) atoms. The lowest BCUT2D eigenvalue weighted by molar-refractivity contribution is 0.922. The first-order valence-corrected chi connectivity index (χ1v) is 4.61. The number of hydrogen-bond donors (Lipinski definition) is 0. The van der Waals surface area contributed by atoms with Crippen LogP contribution in [0.5, 0.6) is 0 Å². The Hall–Kier alpha value is -1.38. The highest BCUT2D eigenvalue weighted by Crippen LogP contribution is 2.49. The highest BCUT2D eigenvalue weighted by Gasteiger charge is 2.30. The molecule has 65 valence electrons. The van der Waals surface area contributed by atoms with Crippen molar-refractivity contribution in [2.45, 2.75) is 25.7 Å². The van der Waals surface area contributed by atoms with E-state index in [1.165, 1.54) is 24.0 Å².